The maximum absolute atomic E-state index is 12.7. The van der Waals surface area contributed by atoms with Gasteiger partial charge in [0.1, 0.15) is 16.9 Å². The van der Waals surface area contributed by atoms with E-state index in [-0.39, 0.29) is 11.5 Å². The van der Waals surface area contributed by atoms with Crippen molar-refractivity contribution in [2.45, 2.75) is 32.6 Å². The number of rotatable bonds is 5. The summed E-state index contributed by atoms with van der Waals surface area (Å²) in [5, 5.41) is 0.512. The molecule has 0 saturated heterocycles. The summed E-state index contributed by atoms with van der Waals surface area (Å²) in [4.78, 5) is 12.4. The summed E-state index contributed by atoms with van der Waals surface area (Å²) in [5.74, 6) is -0.0636. The first kappa shape index (κ1) is 19.0. The monoisotopic (exact) mass is 387 g/mol. The molecule has 0 aliphatic rings. The van der Waals surface area contributed by atoms with Crippen LogP contribution in [0, 0.1) is 20.8 Å². The summed E-state index contributed by atoms with van der Waals surface area (Å²) in [7, 11) is -3.75. The number of fused-ring (bicyclic) bond motifs is 1. The number of aryl methyl sites for hydroxylation is 3. The van der Waals surface area contributed by atoms with E-state index in [0.29, 0.717) is 33.5 Å². The van der Waals surface area contributed by atoms with Crippen molar-refractivity contribution in [3.05, 3.63) is 58.8 Å². The standard InChI is InChI=1S/C20H21NO5S/c1-5-25-20(22)19-14(4)26-18-10-13(3)17(11-16(18)19)21-27(23,24)15-8-6-12(2)7-9-15/h6-11,21H,5H2,1-4H3. The molecular formula is C20H21NO5S. The lowest BCUT2D eigenvalue weighted by atomic mass is 10.1. The molecule has 0 saturated carbocycles. The van der Waals surface area contributed by atoms with E-state index in [2.05, 4.69) is 4.72 Å². The molecule has 0 amide bonds. The lowest BCUT2D eigenvalue weighted by Gasteiger charge is -2.11. The van der Waals surface area contributed by atoms with Gasteiger partial charge in [-0.25, -0.2) is 13.2 Å². The van der Waals surface area contributed by atoms with Crippen LogP contribution in [0.25, 0.3) is 11.0 Å². The second-order valence-corrected chi connectivity index (χ2v) is 8.02. The zero-order chi connectivity index (χ0) is 19.8. The highest BCUT2D eigenvalue weighted by atomic mass is 32.2. The van der Waals surface area contributed by atoms with E-state index in [9.17, 15) is 13.2 Å². The Morgan fingerprint density at radius 3 is 2.41 bits per heavy atom. The fourth-order valence-corrected chi connectivity index (χ4v) is 3.98. The fourth-order valence-electron chi connectivity index (χ4n) is 2.85. The number of nitrogens with one attached hydrogen (secondary N) is 1. The van der Waals surface area contributed by atoms with Crippen molar-refractivity contribution in [2.24, 2.45) is 0 Å². The Labute approximate surface area is 158 Å². The zero-order valence-corrected chi connectivity index (χ0v) is 16.4. The lowest BCUT2D eigenvalue weighted by Crippen LogP contribution is -2.14. The molecule has 0 unspecified atom stereocenters. The van der Waals surface area contributed by atoms with Crippen LogP contribution in [0.2, 0.25) is 0 Å². The van der Waals surface area contributed by atoms with Crippen molar-refractivity contribution in [2.75, 3.05) is 11.3 Å². The third-order valence-electron chi connectivity index (χ3n) is 4.27. The van der Waals surface area contributed by atoms with Crippen molar-refractivity contribution in [1.82, 2.24) is 0 Å². The molecule has 142 valence electrons. The topological polar surface area (TPSA) is 85.6 Å². The molecule has 7 heteroatoms. The van der Waals surface area contributed by atoms with Crippen molar-refractivity contribution in [1.29, 1.82) is 0 Å². The highest BCUT2D eigenvalue weighted by Crippen LogP contribution is 2.32. The second-order valence-electron chi connectivity index (χ2n) is 6.34. The average molecular weight is 387 g/mol. The Morgan fingerprint density at radius 1 is 1.11 bits per heavy atom. The number of hydrogen-bond acceptors (Lipinski definition) is 5. The van der Waals surface area contributed by atoms with Crippen LogP contribution in [0.1, 0.15) is 34.2 Å². The average Bonchev–Trinajstić information content (AvgIpc) is 2.90. The van der Waals surface area contributed by atoms with E-state index in [4.69, 9.17) is 9.15 Å². The van der Waals surface area contributed by atoms with Gasteiger partial charge < -0.3 is 9.15 Å². The fraction of sp³-hybridized carbons (Fsp3) is 0.250. The van der Waals surface area contributed by atoms with Crippen LogP contribution in [0.3, 0.4) is 0 Å². The number of hydrogen-bond donors (Lipinski definition) is 1. The van der Waals surface area contributed by atoms with E-state index in [0.717, 1.165) is 5.56 Å². The summed E-state index contributed by atoms with van der Waals surface area (Å²) in [6, 6.07) is 9.90. The quantitative estimate of drug-likeness (QED) is 0.659. The molecule has 0 spiro atoms. The van der Waals surface area contributed by atoms with Gasteiger partial charge in [-0.2, -0.15) is 0 Å². The first-order chi connectivity index (χ1) is 12.7. The Morgan fingerprint density at radius 2 is 1.78 bits per heavy atom. The minimum Gasteiger partial charge on any atom is -0.462 e. The Kier molecular flexibility index (Phi) is 4.97. The normalized spacial score (nSPS) is 11.6. The highest BCUT2D eigenvalue weighted by Gasteiger charge is 2.22. The smallest absolute Gasteiger partial charge is 0.342 e. The van der Waals surface area contributed by atoms with E-state index < -0.39 is 16.0 Å². The van der Waals surface area contributed by atoms with Crippen molar-refractivity contribution in [3.8, 4) is 0 Å². The minimum atomic E-state index is -3.75. The highest BCUT2D eigenvalue weighted by molar-refractivity contribution is 7.92. The van der Waals surface area contributed by atoms with Crippen molar-refractivity contribution < 1.29 is 22.4 Å². The summed E-state index contributed by atoms with van der Waals surface area (Å²) < 4.78 is 38.7. The first-order valence-electron chi connectivity index (χ1n) is 8.53. The van der Waals surface area contributed by atoms with Crippen LogP contribution in [-0.4, -0.2) is 21.0 Å². The first-order valence-corrected chi connectivity index (χ1v) is 10.0. The molecule has 0 aliphatic heterocycles. The Bertz CT molecular complexity index is 1110. The number of carbonyl (C=O) groups is 1. The number of carbonyl (C=O) groups excluding carboxylic acids is 1. The van der Waals surface area contributed by atoms with Crippen LogP contribution in [0.15, 0.2) is 45.7 Å². The molecule has 2 aromatic carbocycles. The number of anilines is 1. The third kappa shape index (κ3) is 3.68. The van der Waals surface area contributed by atoms with Gasteiger partial charge in [-0.1, -0.05) is 17.7 Å². The Balaban J connectivity index is 2.06. The van der Waals surface area contributed by atoms with Gasteiger partial charge in [0, 0.05) is 5.39 Å². The molecule has 3 rings (SSSR count). The number of benzene rings is 2. The summed E-state index contributed by atoms with van der Waals surface area (Å²) in [5.41, 5.74) is 2.85. The van der Waals surface area contributed by atoms with Crippen LogP contribution < -0.4 is 4.72 Å². The van der Waals surface area contributed by atoms with Gasteiger partial charge in [0.05, 0.1) is 17.2 Å². The molecule has 6 nitrogen and oxygen atoms in total. The summed E-state index contributed by atoms with van der Waals surface area (Å²) in [6.07, 6.45) is 0. The van der Waals surface area contributed by atoms with Crippen LogP contribution >= 0.6 is 0 Å². The summed E-state index contributed by atoms with van der Waals surface area (Å²) in [6.45, 7) is 7.30. The van der Waals surface area contributed by atoms with Crippen LogP contribution in [0.5, 0.6) is 0 Å². The molecule has 1 heterocycles. The van der Waals surface area contributed by atoms with E-state index in [1.807, 2.05) is 6.92 Å². The lowest BCUT2D eigenvalue weighted by molar-refractivity contribution is 0.0526. The summed E-state index contributed by atoms with van der Waals surface area (Å²) >= 11 is 0. The molecular weight excluding hydrogens is 366 g/mol. The molecule has 0 radical (unpaired) electrons. The number of sulfonamides is 1. The largest absolute Gasteiger partial charge is 0.462 e. The van der Waals surface area contributed by atoms with Crippen LogP contribution in [0.4, 0.5) is 5.69 Å². The van der Waals surface area contributed by atoms with Gasteiger partial charge >= 0.3 is 5.97 Å². The van der Waals surface area contributed by atoms with Gasteiger partial charge in [0.15, 0.2) is 0 Å². The number of ether oxygens (including phenoxy) is 1. The SMILES string of the molecule is CCOC(=O)c1c(C)oc2cc(C)c(NS(=O)(=O)c3ccc(C)cc3)cc12. The Hall–Kier alpha value is -2.80. The molecule has 0 fully saturated rings. The zero-order valence-electron chi connectivity index (χ0n) is 15.6. The van der Waals surface area contributed by atoms with Gasteiger partial charge in [0.2, 0.25) is 0 Å². The third-order valence-corrected chi connectivity index (χ3v) is 5.65. The molecule has 0 bridgehead atoms. The molecule has 1 N–H and O–H groups in total. The van der Waals surface area contributed by atoms with E-state index >= 15 is 0 Å². The van der Waals surface area contributed by atoms with Gasteiger partial charge in [-0.15, -0.1) is 0 Å². The minimum absolute atomic E-state index is 0.168. The van der Waals surface area contributed by atoms with Crippen molar-refractivity contribution >= 4 is 32.6 Å². The second kappa shape index (κ2) is 7.08. The number of furan rings is 1. The molecule has 0 aliphatic carbocycles. The van der Waals surface area contributed by atoms with Crippen LogP contribution in [-0.2, 0) is 14.8 Å². The molecule has 27 heavy (non-hydrogen) atoms. The van der Waals surface area contributed by atoms with E-state index in [1.54, 1.807) is 57.2 Å². The van der Waals surface area contributed by atoms with E-state index in [1.165, 1.54) is 0 Å². The predicted octanol–water partition coefficient (Wildman–Crippen LogP) is 4.34. The van der Waals surface area contributed by atoms with Crippen molar-refractivity contribution in [3.63, 3.8) is 0 Å². The molecule has 0 atom stereocenters. The van der Waals surface area contributed by atoms with Gasteiger partial charge in [-0.05, 0) is 57.5 Å². The molecule has 3 aromatic rings. The maximum atomic E-state index is 12.7. The predicted molar refractivity (Wildman–Crippen MR) is 104 cm³/mol. The van der Waals surface area contributed by atoms with Gasteiger partial charge in [-0.3, -0.25) is 4.72 Å². The molecule has 1 aromatic heterocycles. The maximum Gasteiger partial charge on any atom is 0.342 e. The van der Waals surface area contributed by atoms with Gasteiger partial charge in [0.25, 0.3) is 10.0 Å². The number of esters is 1.